The highest BCUT2D eigenvalue weighted by atomic mass is 32.2. The number of amides is 1. The first kappa shape index (κ1) is 16.9. The van der Waals surface area contributed by atoms with Crippen molar-refractivity contribution in [2.45, 2.75) is 55.9 Å². The molecule has 21 heavy (non-hydrogen) atoms. The Morgan fingerprint density at radius 1 is 1.43 bits per heavy atom. The van der Waals surface area contributed by atoms with E-state index in [0.717, 1.165) is 38.4 Å². The minimum absolute atomic E-state index is 0.0636. The van der Waals surface area contributed by atoms with Crippen LogP contribution in [-0.4, -0.2) is 15.8 Å². The standard InChI is InChI=1S/C15H21NO2S3/c1-14(2)5-8-11(9(17)6-14)10(7-15(3,4)19)20-12(8)21-13(16)18/h19H,5-7H2,1-4H3,(H2,16,18). The zero-order valence-corrected chi connectivity index (χ0v) is 15.3. The molecule has 2 N–H and O–H groups in total. The number of thiophene rings is 1. The summed E-state index contributed by atoms with van der Waals surface area (Å²) in [6, 6.07) is 0. The molecule has 116 valence electrons. The highest BCUT2D eigenvalue weighted by molar-refractivity contribution is 8.15. The number of fused-ring (bicyclic) bond motifs is 1. The van der Waals surface area contributed by atoms with Gasteiger partial charge in [-0.05, 0) is 35.6 Å². The summed E-state index contributed by atoms with van der Waals surface area (Å²) in [5.41, 5.74) is 7.10. The van der Waals surface area contributed by atoms with E-state index >= 15 is 0 Å². The van der Waals surface area contributed by atoms with Gasteiger partial charge in [-0.1, -0.05) is 27.7 Å². The van der Waals surface area contributed by atoms with E-state index in [2.05, 4.69) is 26.5 Å². The Labute approximate surface area is 139 Å². The molecule has 0 spiro atoms. The SMILES string of the molecule is CC(C)(S)Cc1sc(SC(N)=O)c2c1C(=O)CC(C)(C)C2. The first-order valence-corrected chi connectivity index (χ1v) is 8.94. The van der Waals surface area contributed by atoms with Crippen LogP contribution in [0.2, 0.25) is 0 Å². The minimum Gasteiger partial charge on any atom is -0.360 e. The van der Waals surface area contributed by atoms with E-state index in [4.69, 9.17) is 5.73 Å². The van der Waals surface area contributed by atoms with Gasteiger partial charge in [0.05, 0.1) is 4.21 Å². The Morgan fingerprint density at radius 3 is 2.57 bits per heavy atom. The molecule has 1 aromatic rings. The van der Waals surface area contributed by atoms with E-state index in [9.17, 15) is 9.59 Å². The van der Waals surface area contributed by atoms with Crippen LogP contribution in [0.25, 0.3) is 0 Å². The number of hydrogen-bond acceptors (Lipinski definition) is 5. The molecule has 0 saturated heterocycles. The van der Waals surface area contributed by atoms with Crippen LogP contribution in [0.3, 0.4) is 0 Å². The summed E-state index contributed by atoms with van der Waals surface area (Å²) in [5.74, 6) is 0.182. The Hall–Kier alpha value is -0.460. The maximum Gasteiger partial charge on any atom is 0.282 e. The molecule has 1 heterocycles. The molecule has 0 saturated carbocycles. The molecule has 1 aliphatic rings. The molecular formula is C15H21NO2S3. The number of Topliss-reactive ketones (excluding diaryl/α,β-unsaturated/α-hetero) is 1. The quantitative estimate of drug-likeness (QED) is 0.634. The molecule has 1 aromatic heterocycles. The normalized spacial score (nSPS) is 17.7. The van der Waals surface area contributed by atoms with Gasteiger partial charge >= 0.3 is 0 Å². The summed E-state index contributed by atoms with van der Waals surface area (Å²) in [6.45, 7) is 8.24. The van der Waals surface area contributed by atoms with Crippen LogP contribution >= 0.6 is 35.7 Å². The lowest BCUT2D eigenvalue weighted by atomic mass is 9.74. The number of rotatable bonds is 3. The topological polar surface area (TPSA) is 60.2 Å². The summed E-state index contributed by atoms with van der Waals surface area (Å²) < 4.78 is 0.687. The van der Waals surface area contributed by atoms with Gasteiger partial charge in [-0.15, -0.1) is 11.3 Å². The molecule has 0 aliphatic heterocycles. The maximum absolute atomic E-state index is 12.6. The van der Waals surface area contributed by atoms with Crippen molar-refractivity contribution in [2.24, 2.45) is 11.1 Å². The number of nitrogens with two attached hydrogens (primary N) is 1. The monoisotopic (exact) mass is 343 g/mol. The van der Waals surface area contributed by atoms with Gasteiger partial charge in [-0.25, -0.2) is 0 Å². The van der Waals surface area contributed by atoms with Crippen LogP contribution in [-0.2, 0) is 12.8 Å². The summed E-state index contributed by atoms with van der Waals surface area (Å²) in [5, 5.41) is -0.424. The molecule has 6 heteroatoms. The van der Waals surface area contributed by atoms with Crippen molar-refractivity contribution < 1.29 is 9.59 Å². The van der Waals surface area contributed by atoms with Crippen LogP contribution < -0.4 is 5.73 Å². The van der Waals surface area contributed by atoms with Crippen molar-refractivity contribution in [2.75, 3.05) is 0 Å². The third-order valence-electron chi connectivity index (χ3n) is 3.40. The summed E-state index contributed by atoms with van der Waals surface area (Å²) in [7, 11) is 0. The van der Waals surface area contributed by atoms with Crippen LogP contribution in [0.5, 0.6) is 0 Å². The summed E-state index contributed by atoms with van der Waals surface area (Å²) in [4.78, 5) is 24.9. The first-order chi connectivity index (χ1) is 9.48. The predicted molar refractivity (Wildman–Crippen MR) is 93.0 cm³/mol. The van der Waals surface area contributed by atoms with Crippen LogP contribution in [0.4, 0.5) is 4.79 Å². The van der Waals surface area contributed by atoms with Gasteiger partial charge in [-0.3, -0.25) is 9.59 Å². The Balaban J connectivity index is 2.52. The van der Waals surface area contributed by atoms with E-state index in [1.54, 1.807) is 0 Å². The number of ketones is 1. The third kappa shape index (κ3) is 4.05. The van der Waals surface area contributed by atoms with Gasteiger partial charge in [0.2, 0.25) is 0 Å². The van der Waals surface area contributed by atoms with Crippen LogP contribution in [0.1, 0.15) is 54.9 Å². The van der Waals surface area contributed by atoms with Gasteiger partial charge in [0.25, 0.3) is 5.24 Å². The molecule has 0 radical (unpaired) electrons. The van der Waals surface area contributed by atoms with Crippen molar-refractivity contribution >= 4 is 46.7 Å². The van der Waals surface area contributed by atoms with E-state index in [0.29, 0.717) is 12.8 Å². The largest absolute Gasteiger partial charge is 0.360 e. The van der Waals surface area contributed by atoms with Gasteiger partial charge in [0.1, 0.15) is 0 Å². The Bertz CT molecular complexity index is 597. The van der Waals surface area contributed by atoms with Crippen molar-refractivity contribution in [1.82, 2.24) is 0 Å². The van der Waals surface area contributed by atoms with E-state index in [1.165, 1.54) is 11.3 Å². The fourth-order valence-corrected chi connectivity index (χ4v) is 5.49. The number of primary amides is 1. The van der Waals surface area contributed by atoms with Crippen LogP contribution in [0, 0.1) is 5.41 Å². The molecule has 0 aromatic carbocycles. The second-order valence-electron chi connectivity index (χ2n) is 7.02. The van der Waals surface area contributed by atoms with Gasteiger partial charge < -0.3 is 5.73 Å². The lowest BCUT2D eigenvalue weighted by Crippen LogP contribution is -2.27. The first-order valence-electron chi connectivity index (χ1n) is 6.86. The lowest BCUT2D eigenvalue weighted by Gasteiger charge is -2.29. The van der Waals surface area contributed by atoms with E-state index in [-0.39, 0.29) is 15.9 Å². The number of thioether (sulfide) groups is 1. The van der Waals surface area contributed by atoms with Crippen molar-refractivity contribution in [3.63, 3.8) is 0 Å². The molecular weight excluding hydrogens is 322 g/mol. The van der Waals surface area contributed by atoms with Crippen molar-refractivity contribution in [3.8, 4) is 0 Å². The highest BCUT2D eigenvalue weighted by Gasteiger charge is 2.37. The molecule has 1 amide bonds. The highest BCUT2D eigenvalue weighted by Crippen LogP contribution is 2.46. The third-order valence-corrected chi connectivity index (χ3v) is 5.72. The summed E-state index contributed by atoms with van der Waals surface area (Å²) >= 11 is 7.14. The Kier molecular flexibility index (Phi) is 4.53. The zero-order chi connectivity index (χ0) is 16.0. The number of carbonyl (C=O) groups excluding carboxylic acids is 2. The van der Waals surface area contributed by atoms with E-state index in [1.807, 2.05) is 13.8 Å². The molecule has 0 bridgehead atoms. The number of thiol groups is 1. The molecule has 3 nitrogen and oxygen atoms in total. The zero-order valence-electron chi connectivity index (χ0n) is 12.8. The molecule has 0 unspecified atom stereocenters. The van der Waals surface area contributed by atoms with Gasteiger partial charge in [-0.2, -0.15) is 12.6 Å². The van der Waals surface area contributed by atoms with E-state index < -0.39 is 5.24 Å². The average molecular weight is 344 g/mol. The van der Waals surface area contributed by atoms with Crippen molar-refractivity contribution in [3.05, 3.63) is 16.0 Å². The van der Waals surface area contributed by atoms with Gasteiger partial charge in [0.15, 0.2) is 5.78 Å². The van der Waals surface area contributed by atoms with Crippen LogP contribution in [0.15, 0.2) is 4.21 Å². The summed E-state index contributed by atoms with van der Waals surface area (Å²) in [6.07, 6.45) is 2.08. The van der Waals surface area contributed by atoms with Crippen molar-refractivity contribution in [1.29, 1.82) is 0 Å². The minimum atomic E-state index is -0.424. The fraction of sp³-hybridized carbons (Fsp3) is 0.600. The van der Waals surface area contributed by atoms with Gasteiger partial charge in [0, 0.05) is 21.6 Å². The predicted octanol–water partition coefficient (Wildman–Crippen LogP) is 4.32. The smallest absolute Gasteiger partial charge is 0.282 e. The average Bonchev–Trinajstić information content (AvgIpc) is 2.50. The second kappa shape index (κ2) is 5.63. The molecule has 0 fully saturated rings. The number of carbonyl (C=O) groups is 2. The second-order valence-corrected chi connectivity index (χ2v) is 10.6. The maximum atomic E-state index is 12.6. The Morgan fingerprint density at radius 2 is 2.05 bits per heavy atom. The molecule has 0 atom stereocenters. The molecule has 2 rings (SSSR count). The number of hydrogen-bond donors (Lipinski definition) is 2. The lowest BCUT2D eigenvalue weighted by molar-refractivity contribution is 0.0911. The fourth-order valence-electron chi connectivity index (χ4n) is 2.73. The molecule has 1 aliphatic carbocycles.